The molecule has 0 unspecified atom stereocenters. The third kappa shape index (κ3) is 3.09. The van der Waals surface area contributed by atoms with E-state index >= 15 is 0 Å². The van der Waals surface area contributed by atoms with Gasteiger partial charge in [-0.15, -0.1) is 0 Å². The fourth-order valence-electron chi connectivity index (χ4n) is 1.65. The summed E-state index contributed by atoms with van der Waals surface area (Å²) in [7, 11) is -3.40. The van der Waals surface area contributed by atoms with Gasteiger partial charge in [-0.05, 0) is 32.0 Å². The highest BCUT2D eigenvalue weighted by Gasteiger charge is 2.18. The Morgan fingerprint density at radius 3 is 2.83 bits per heavy atom. The van der Waals surface area contributed by atoms with Gasteiger partial charge in [0.1, 0.15) is 11.4 Å². The van der Waals surface area contributed by atoms with Crippen molar-refractivity contribution < 1.29 is 12.9 Å². The summed E-state index contributed by atoms with van der Waals surface area (Å²) in [6, 6.07) is 5.22. The standard InChI is InChI=1S/C11H13BrN2O3S/c1-7(2)14-18(15,16)6-10-9-5-8(12)3-4-11(9)17-13-10/h3-5,7,14H,6H2,1-2H3. The number of rotatable bonds is 4. The molecule has 0 aliphatic heterocycles. The van der Waals surface area contributed by atoms with E-state index in [0.717, 1.165) is 4.47 Å². The lowest BCUT2D eigenvalue weighted by atomic mass is 10.2. The van der Waals surface area contributed by atoms with E-state index in [1.165, 1.54) is 0 Å². The van der Waals surface area contributed by atoms with Gasteiger partial charge in [0.2, 0.25) is 10.0 Å². The second kappa shape index (κ2) is 4.99. The van der Waals surface area contributed by atoms with E-state index in [0.29, 0.717) is 16.7 Å². The SMILES string of the molecule is CC(C)NS(=O)(=O)Cc1noc2ccc(Br)cc12. The molecule has 0 fully saturated rings. The Hall–Kier alpha value is -0.920. The summed E-state index contributed by atoms with van der Waals surface area (Å²) in [5, 5.41) is 4.52. The van der Waals surface area contributed by atoms with E-state index in [1.807, 2.05) is 6.07 Å². The largest absolute Gasteiger partial charge is 0.356 e. The molecule has 0 radical (unpaired) electrons. The monoisotopic (exact) mass is 332 g/mol. The van der Waals surface area contributed by atoms with Crippen LogP contribution in [0.15, 0.2) is 27.2 Å². The smallest absolute Gasteiger partial charge is 0.217 e. The van der Waals surface area contributed by atoms with Crippen LogP contribution in [-0.4, -0.2) is 19.6 Å². The summed E-state index contributed by atoms with van der Waals surface area (Å²) in [4.78, 5) is 0. The zero-order chi connectivity index (χ0) is 13.3. The molecule has 2 rings (SSSR count). The number of halogens is 1. The second-order valence-corrected chi connectivity index (χ2v) is 6.97. The Bertz CT molecular complexity index is 664. The fraction of sp³-hybridized carbons (Fsp3) is 0.364. The van der Waals surface area contributed by atoms with Crippen LogP contribution in [-0.2, 0) is 15.8 Å². The van der Waals surface area contributed by atoms with E-state index in [2.05, 4.69) is 25.8 Å². The van der Waals surface area contributed by atoms with Crippen LogP contribution in [0.4, 0.5) is 0 Å². The molecule has 1 N–H and O–H groups in total. The number of benzene rings is 1. The zero-order valence-electron chi connectivity index (χ0n) is 9.97. The molecule has 98 valence electrons. The molecule has 0 saturated carbocycles. The van der Waals surface area contributed by atoms with Crippen molar-refractivity contribution >= 4 is 36.9 Å². The van der Waals surface area contributed by atoms with Gasteiger partial charge in [0.25, 0.3) is 0 Å². The van der Waals surface area contributed by atoms with E-state index < -0.39 is 10.0 Å². The van der Waals surface area contributed by atoms with Gasteiger partial charge >= 0.3 is 0 Å². The van der Waals surface area contributed by atoms with Gasteiger partial charge in [0.05, 0.1) is 0 Å². The normalized spacial score (nSPS) is 12.4. The Balaban J connectivity index is 2.35. The topological polar surface area (TPSA) is 72.2 Å². The van der Waals surface area contributed by atoms with E-state index in [9.17, 15) is 8.42 Å². The van der Waals surface area contributed by atoms with Gasteiger partial charge < -0.3 is 4.52 Å². The molecular formula is C11H13BrN2O3S. The molecule has 0 aliphatic rings. The van der Waals surface area contributed by atoms with E-state index in [-0.39, 0.29) is 11.8 Å². The van der Waals surface area contributed by atoms with Crippen LogP contribution in [0.1, 0.15) is 19.5 Å². The molecule has 2 aromatic rings. The van der Waals surface area contributed by atoms with E-state index in [4.69, 9.17) is 4.52 Å². The van der Waals surface area contributed by atoms with E-state index in [1.54, 1.807) is 26.0 Å². The number of hydrogen-bond donors (Lipinski definition) is 1. The van der Waals surface area contributed by atoms with Crippen LogP contribution in [0.5, 0.6) is 0 Å². The number of nitrogens with one attached hydrogen (secondary N) is 1. The third-order valence-corrected chi connectivity index (χ3v) is 4.23. The van der Waals surface area contributed by atoms with Crippen molar-refractivity contribution in [3.05, 3.63) is 28.4 Å². The number of sulfonamides is 1. The molecule has 0 bridgehead atoms. The lowest BCUT2D eigenvalue weighted by Gasteiger charge is -2.07. The van der Waals surface area contributed by atoms with Crippen molar-refractivity contribution in [3.8, 4) is 0 Å². The predicted molar refractivity (Wildman–Crippen MR) is 72.6 cm³/mol. The number of fused-ring (bicyclic) bond motifs is 1. The van der Waals surface area contributed by atoms with Crippen molar-refractivity contribution in [2.45, 2.75) is 25.6 Å². The van der Waals surface area contributed by atoms with Crippen LogP contribution in [0.2, 0.25) is 0 Å². The van der Waals surface area contributed by atoms with Crippen molar-refractivity contribution in [1.29, 1.82) is 0 Å². The fourth-order valence-corrected chi connectivity index (χ4v) is 3.38. The molecule has 0 aliphatic carbocycles. The molecule has 1 heterocycles. The van der Waals surface area contributed by atoms with Crippen LogP contribution >= 0.6 is 15.9 Å². The Kier molecular flexibility index (Phi) is 3.74. The first kappa shape index (κ1) is 13.5. The van der Waals surface area contributed by atoms with Crippen molar-refractivity contribution in [2.75, 3.05) is 0 Å². The molecule has 5 nitrogen and oxygen atoms in total. The lowest BCUT2D eigenvalue weighted by molar-refractivity contribution is 0.448. The number of hydrogen-bond acceptors (Lipinski definition) is 4. The zero-order valence-corrected chi connectivity index (χ0v) is 12.4. The summed E-state index contributed by atoms with van der Waals surface area (Å²) in [6.45, 7) is 3.55. The minimum absolute atomic E-state index is 0.139. The second-order valence-electron chi connectivity index (χ2n) is 4.30. The summed E-state index contributed by atoms with van der Waals surface area (Å²) < 4.78 is 32.1. The van der Waals surface area contributed by atoms with Crippen molar-refractivity contribution in [1.82, 2.24) is 9.88 Å². The first-order valence-corrected chi connectivity index (χ1v) is 7.86. The highest BCUT2D eigenvalue weighted by molar-refractivity contribution is 9.10. The third-order valence-electron chi connectivity index (χ3n) is 2.25. The summed E-state index contributed by atoms with van der Waals surface area (Å²) in [5.41, 5.74) is 0.993. The average molecular weight is 333 g/mol. The quantitative estimate of drug-likeness (QED) is 0.933. The molecule has 0 spiro atoms. The van der Waals surface area contributed by atoms with Gasteiger partial charge in [0, 0.05) is 15.9 Å². The number of nitrogens with zero attached hydrogens (tertiary/aromatic N) is 1. The minimum Gasteiger partial charge on any atom is -0.356 e. The number of aromatic nitrogens is 1. The first-order valence-electron chi connectivity index (χ1n) is 5.41. The van der Waals surface area contributed by atoms with Crippen LogP contribution < -0.4 is 4.72 Å². The molecule has 7 heteroatoms. The van der Waals surface area contributed by atoms with Crippen LogP contribution in [0, 0.1) is 0 Å². The van der Waals surface area contributed by atoms with Gasteiger partial charge in [-0.3, -0.25) is 0 Å². The molecule has 0 atom stereocenters. The highest BCUT2D eigenvalue weighted by Crippen LogP contribution is 2.23. The first-order chi connectivity index (χ1) is 8.37. The Morgan fingerprint density at radius 1 is 1.44 bits per heavy atom. The molecular weight excluding hydrogens is 320 g/mol. The molecule has 1 aromatic heterocycles. The summed E-state index contributed by atoms with van der Waals surface area (Å²) in [6.07, 6.45) is 0. The summed E-state index contributed by atoms with van der Waals surface area (Å²) >= 11 is 3.34. The maximum Gasteiger partial charge on any atom is 0.217 e. The maximum atomic E-state index is 11.8. The van der Waals surface area contributed by atoms with Crippen LogP contribution in [0.25, 0.3) is 11.0 Å². The van der Waals surface area contributed by atoms with Gasteiger partial charge in [0.15, 0.2) is 5.58 Å². The molecule has 1 aromatic carbocycles. The predicted octanol–water partition coefficient (Wildman–Crippen LogP) is 2.42. The highest BCUT2D eigenvalue weighted by atomic mass is 79.9. The molecule has 0 amide bonds. The van der Waals surface area contributed by atoms with Gasteiger partial charge in [-0.25, -0.2) is 13.1 Å². The van der Waals surface area contributed by atoms with Gasteiger partial charge in [-0.1, -0.05) is 21.1 Å². The molecule has 0 saturated heterocycles. The van der Waals surface area contributed by atoms with Crippen molar-refractivity contribution in [3.63, 3.8) is 0 Å². The Labute approximate surface area is 114 Å². The lowest BCUT2D eigenvalue weighted by Crippen LogP contribution is -2.31. The maximum absolute atomic E-state index is 11.8. The summed E-state index contributed by atoms with van der Waals surface area (Å²) in [5.74, 6) is -0.186. The Morgan fingerprint density at radius 2 is 2.17 bits per heavy atom. The van der Waals surface area contributed by atoms with Crippen LogP contribution in [0.3, 0.4) is 0 Å². The average Bonchev–Trinajstić information content (AvgIpc) is 2.58. The van der Waals surface area contributed by atoms with Gasteiger partial charge in [-0.2, -0.15) is 0 Å². The molecule has 18 heavy (non-hydrogen) atoms. The van der Waals surface area contributed by atoms with Crippen molar-refractivity contribution in [2.24, 2.45) is 0 Å². The minimum atomic E-state index is -3.40.